The van der Waals surface area contributed by atoms with Crippen LogP contribution in [0.5, 0.6) is 0 Å². The van der Waals surface area contributed by atoms with Gasteiger partial charge in [0.2, 0.25) is 0 Å². The van der Waals surface area contributed by atoms with Gasteiger partial charge in [-0.05, 0) is 84.3 Å². The van der Waals surface area contributed by atoms with Crippen molar-refractivity contribution in [3.63, 3.8) is 0 Å². The van der Waals surface area contributed by atoms with Crippen LogP contribution in [0.1, 0.15) is 56.6 Å². The quantitative estimate of drug-likeness (QED) is 0.166. The molecule has 0 fully saturated rings. The Bertz CT molecular complexity index is 2620. The summed E-state index contributed by atoms with van der Waals surface area (Å²) in [5, 5.41) is 1.85. The van der Waals surface area contributed by atoms with Gasteiger partial charge in [-0.15, -0.1) is 65.4 Å². The van der Waals surface area contributed by atoms with Gasteiger partial charge in [-0.2, -0.15) is 0 Å². The molecule has 241 valence electrons. The number of thiazole rings is 1. The van der Waals surface area contributed by atoms with E-state index in [0.717, 1.165) is 65.9 Å². The van der Waals surface area contributed by atoms with Crippen molar-refractivity contribution < 1.29 is 34.1 Å². The molecule has 4 nitrogen and oxygen atoms in total. The summed E-state index contributed by atoms with van der Waals surface area (Å²) < 4.78 is 61.0. The van der Waals surface area contributed by atoms with E-state index in [2.05, 4.69) is 48.1 Å². The minimum atomic E-state index is -2.28. The second-order valence-electron chi connectivity index (χ2n) is 11.6. The van der Waals surface area contributed by atoms with Crippen LogP contribution in [0.15, 0.2) is 102 Å². The molecule has 0 aliphatic heterocycles. The van der Waals surface area contributed by atoms with Gasteiger partial charge in [-0.3, -0.25) is 0 Å². The van der Waals surface area contributed by atoms with E-state index < -0.39 is 19.6 Å². The Hall–Kier alpha value is -4.48. The van der Waals surface area contributed by atoms with Gasteiger partial charge >= 0.3 is 0 Å². The number of hydrogen-bond donors (Lipinski definition) is 0. The first-order valence-corrected chi connectivity index (χ1v) is 16.0. The summed E-state index contributed by atoms with van der Waals surface area (Å²) in [6.45, 7) is 3.55. The third kappa shape index (κ3) is 6.36. The normalized spacial score (nSPS) is 14.0. The number of pyridine rings is 2. The topological polar surface area (TPSA) is 51.8 Å². The molecule has 4 aromatic heterocycles. The van der Waals surface area contributed by atoms with Crippen molar-refractivity contribution in [1.29, 1.82) is 0 Å². The van der Waals surface area contributed by atoms with Gasteiger partial charge in [-0.25, -0.2) is 4.98 Å². The molecular formula is C42H35IrN3OS-2. The maximum atomic E-state index is 8.79. The zero-order valence-corrected chi connectivity index (χ0v) is 29.9. The summed E-state index contributed by atoms with van der Waals surface area (Å²) in [5.41, 5.74) is 10.2. The van der Waals surface area contributed by atoms with Crippen LogP contribution in [-0.2, 0) is 20.1 Å². The van der Waals surface area contributed by atoms with Gasteiger partial charge < -0.3 is 14.4 Å². The molecule has 0 saturated carbocycles. The average molecular weight is 829 g/mol. The van der Waals surface area contributed by atoms with Crippen molar-refractivity contribution in [1.82, 2.24) is 15.0 Å². The number of aromatic nitrogens is 3. The molecule has 8 aromatic rings. The summed E-state index contributed by atoms with van der Waals surface area (Å²) >= 11 is 1.16. The maximum Gasteiger partial charge on any atom is 0.148 e. The first-order valence-electron chi connectivity index (χ1n) is 18.7. The number of benzene rings is 4. The number of nitrogens with zero attached hydrogens (tertiary/aromatic N) is 3. The van der Waals surface area contributed by atoms with Gasteiger partial charge in [-0.1, -0.05) is 67.3 Å². The van der Waals surface area contributed by atoms with Crippen molar-refractivity contribution in [2.24, 2.45) is 0 Å². The van der Waals surface area contributed by atoms with Crippen molar-refractivity contribution in [2.75, 3.05) is 0 Å². The molecule has 48 heavy (non-hydrogen) atoms. The predicted octanol–water partition coefficient (Wildman–Crippen LogP) is 11.6. The van der Waals surface area contributed by atoms with Crippen LogP contribution in [0.3, 0.4) is 0 Å². The fourth-order valence-electron chi connectivity index (χ4n) is 5.92. The van der Waals surface area contributed by atoms with Gasteiger partial charge in [0, 0.05) is 47.5 Å². The Morgan fingerprint density at radius 3 is 2.33 bits per heavy atom. The van der Waals surface area contributed by atoms with E-state index in [4.69, 9.17) is 19.0 Å². The van der Waals surface area contributed by atoms with E-state index in [1.54, 1.807) is 24.4 Å². The second-order valence-corrected chi connectivity index (χ2v) is 12.6. The van der Waals surface area contributed by atoms with Gasteiger partial charge in [0.05, 0.1) is 15.3 Å². The third-order valence-electron chi connectivity index (χ3n) is 8.16. The van der Waals surface area contributed by atoms with Crippen LogP contribution in [-0.4, -0.2) is 15.0 Å². The van der Waals surface area contributed by atoms with E-state index >= 15 is 0 Å². The molecular weight excluding hydrogens is 787 g/mol. The number of fused-ring (bicyclic) bond motifs is 5. The molecule has 0 aliphatic rings. The van der Waals surface area contributed by atoms with E-state index in [-0.39, 0.29) is 30.7 Å². The van der Waals surface area contributed by atoms with E-state index in [0.29, 0.717) is 27.9 Å². The molecule has 4 aromatic carbocycles. The molecule has 6 heteroatoms. The molecule has 0 amide bonds. The first-order chi connectivity index (χ1) is 25.5. The molecule has 0 N–H and O–H groups in total. The largest absolute Gasteiger partial charge is 0.498 e. The van der Waals surface area contributed by atoms with Crippen molar-refractivity contribution in [2.45, 2.75) is 47.3 Å². The molecule has 0 spiro atoms. The minimum Gasteiger partial charge on any atom is -0.498 e. The molecule has 0 atom stereocenters. The zero-order chi connectivity index (χ0) is 38.6. The van der Waals surface area contributed by atoms with Crippen LogP contribution in [0.25, 0.3) is 65.8 Å². The van der Waals surface area contributed by atoms with Gasteiger partial charge in [0.25, 0.3) is 0 Å². The van der Waals surface area contributed by atoms with E-state index in [1.807, 2.05) is 68.4 Å². The summed E-state index contributed by atoms with van der Waals surface area (Å²) in [7, 11) is 0. The number of hydrogen-bond acceptors (Lipinski definition) is 5. The third-order valence-corrected chi connectivity index (χ3v) is 8.99. The average Bonchev–Trinajstić information content (AvgIpc) is 3.74. The summed E-state index contributed by atoms with van der Waals surface area (Å²) in [5.74, 6) is -0.846. The number of furan rings is 1. The standard InChI is InChI=1S/C30H25N2OS.C12H10N.Ir/c1-16(2)24-15-31-25(14-23(24)27-17(3)8-6-9-18(27)4)22-11-7-10-20-21-12-13-26-28(32-19(5)34-26)30(21)33-29(20)22;1-10-7-8-12(13-9-10)11-5-3-2-4-6-11;/h6-10,12-16H,1-5H3;2-5,7-9H,1H3;/q2*-1;/i5D3,16D;1D3;. The van der Waals surface area contributed by atoms with Crippen LogP contribution in [0.4, 0.5) is 0 Å². The van der Waals surface area contributed by atoms with E-state index in [9.17, 15) is 0 Å². The van der Waals surface area contributed by atoms with E-state index in [1.165, 1.54) is 6.20 Å². The SMILES string of the molecule is [2H]C([2H])([2H])c1ccc(-c2[c-]cccc2)nc1.[2H]C([2H])([2H])c1nc2c(ccc3c4cc[c-]c(-c5cc(-c6c(C)cccc6C)c(C([2H])(C)C)cn5)c4oc32)s1.[Ir]. The van der Waals surface area contributed by atoms with Crippen molar-refractivity contribution >= 4 is 43.5 Å². The maximum absolute atomic E-state index is 8.79. The molecule has 0 aliphatic carbocycles. The van der Waals surface area contributed by atoms with Crippen molar-refractivity contribution in [3.8, 4) is 33.6 Å². The van der Waals surface area contributed by atoms with Crippen LogP contribution in [0.2, 0.25) is 0 Å². The number of rotatable bonds is 4. The molecule has 1 radical (unpaired) electrons. The Kier molecular flexibility index (Phi) is 7.41. The summed E-state index contributed by atoms with van der Waals surface area (Å²) in [6, 6.07) is 33.0. The Morgan fingerprint density at radius 1 is 0.812 bits per heavy atom. The Morgan fingerprint density at radius 2 is 1.62 bits per heavy atom. The summed E-state index contributed by atoms with van der Waals surface area (Å²) in [6.07, 6.45) is 3.18. The molecule has 0 unspecified atom stereocenters. The van der Waals surface area contributed by atoms with Crippen molar-refractivity contribution in [3.05, 3.63) is 137 Å². The molecule has 4 heterocycles. The predicted molar refractivity (Wildman–Crippen MR) is 196 cm³/mol. The van der Waals surface area contributed by atoms with Gasteiger partial charge in [0.15, 0.2) is 0 Å². The second kappa shape index (κ2) is 13.9. The molecule has 0 bridgehead atoms. The monoisotopic (exact) mass is 829 g/mol. The van der Waals surface area contributed by atoms with Gasteiger partial charge in [0.1, 0.15) is 11.1 Å². The van der Waals surface area contributed by atoms with Crippen LogP contribution in [0, 0.1) is 39.7 Å². The summed E-state index contributed by atoms with van der Waals surface area (Å²) in [4.78, 5) is 13.3. The minimum absolute atomic E-state index is 0. The fourth-order valence-corrected chi connectivity index (χ4v) is 6.64. The fraction of sp³-hybridized carbons (Fsp3) is 0.167. The Balaban J connectivity index is 0.000000254. The molecule has 0 saturated heterocycles. The first kappa shape index (κ1) is 25.5. The Labute approximate surface area is 309 Å². The van der Waals surface area contributed by atoms with Crippen LogP contribution < -0.4 is 0 Å². The smallest absolute Gasteiger partial charge is 0.148 e. The number of aryl methyl sites for hydroxylation is 4. The molecule has 8 rings (SSSR count). The van der Waals surface area contributed by atoms with Crippen LogP contribution >= 0.6 is 11.3 Å². The zero-order valence-electron chi connectivity index (χ0n) is 33.7.